The Bertz CT molecular complexity index is 1050. The average molecular weight is 344 g/mol. The van der Waals surface area contributed by atoms with Gasteiger partial charge in [0.25, 0.3) is 0 Å². The summed E-state index contributed by atoms with van der Waals surface area (Å²) in [4.78, 5) is 11.6. The van der Waals surface area contributed by atoms with Crippen molar-refractivity contribution in [2.24, 2.45) is 0 Å². The Morgan fingerprint density at radius 3 is 2.69 bits per heavy atom. The summed E-state index contributed by atoms with van der Waals surface area (Å²) in [6, 6.07) is 17.3. The van der Waals surface area contributed by atoms with E-state index in [-0.39, 0.29) is 17.8 Å². The van der Waals surface area contributed by atoms with Crippen molar-refractivity contribution in [1.82, 2.24) is 0 Å². The molecule has 3 heteroatoms. The minimum absolute atomic E-state index is 0.155. The lowest BCUT2D eigenvalue weighted by Gasteiger charge is -2.34. The van der Waals surface area contributed by atoms with Gasteiger partial charge in [-0.05, 0) is 58.0 Å². The van der Waals surface area contributed by atoms with Crippen LogP contribution in [0.25, 0.3) is 21.5 Å². The van der Waals surface area contributed by atoms with Gasteiger partial charge in [-0.25, -0.2) is 0 Å². The molecule has 3 aromatic rings. The molecule has 26 heavy (non-hydrogen) atoms. The van der Waals surface area contributed by atoms with Crippen LogP contribution in [-0.2, 0) is 16.0 Å². The number of hydrogen-bond donors (Lipinski definition) is 1. The second-order valence-corrected chi connectivity index (χ2v) is 7.23. The quantitative estimate of drug-likeness (QED) is 0.671. The zero-order chi connectivity index (χ0) is 17.7. The number of fused-ring (bicyclic) bond motifs is 5. The molecule has 0 amide bonds. The van der Waals surface area contributed by atoms with Crippen molar-refractivity contribution in [2.75, 3.05) is 0 Å². The van der Waals surface area contributed by atoms with Gasteiger partial charge in [0.05, 0.1) is 6.10 Å². The summed E-state index contributed by atoms with van der Waals surface area (Å²) in [5.41, 5.74) is 2.67. The number of ketones is 1. The summed E-state index contributed by atoms with van der Waals surface area (Å²) in [6.07, 6.45) is 4.82. The number of carbonyl (C=O) groups excluding carboxylic acids is 1. The van der Waals surface area contributed by atoms with Gasteiger partial charge in [0.2, 0.25) is 12.1 Å². The number of aryl methyl sites for hydroxylation is 1. The molecule has 2 aliphatic rings. The fraction of sp³-hybridized carbons (Fsp3) is 0.261. The summed E-state index contributed by atoms with van der Waals surface area (Å²) < 4.78 is 5.65. The molecular weight excluding hydrogens is 324 g/mol. The van der Waals surface area contributed by atoms with Crippen molar-refractivity contribution in [3.63, 3.8) is 0 Å². The molecule has 0 fully saturated rings. The van der Waals surface area contributed by atoms with E-state index in [2.05, 4.69) is 48.5 Å². The zero-order valence-corrected chi connectivity index (χ0v) is 14.4. The van der Waals surface area contributed by atoms with E-state index in [0.717, 1.165) is 19.3 Å². The lowest BCUT2D eigenvalue weighted by atomic mass is 9.76. The van der Waals surface area contributed by atoms with E-state index in [1.54, 1.807) is 0 Å². The lowest BCUT2D eigenvalue weighted by molar-refractivity contribution is -0.163. The van der Waals surface area contributed by atoms with Gasteiger partial charge in [0.1, 0.15) is 0 Å². The number of rotatable bonds is 1. The highest BCUT2D eigenvalue weighted by molar-refractivity contribution is 6.09. The van der Waals surface area contributed by atoms with E-state index in [1.807, 2.05) is 6.08 Å². The third kappa shape index (κ3) is 2.39. The predicted molar refractivity (Wildman–Crippen MR) is 102 cm³/mol. The second-order valence-electron chi connectivity index (χ2n) is 7.23. The molecule has 5 rings (SSSR count). The molecule has 1 aliphatic carbocycles. The Hall–Kier alpha value is -2.49. The maximum absolute atomic E-state index is 11.6. The standard InChI is InChI=1S/C23H20O3/c24-20-12-13-21(26-23(20)25)19-7-3-5-15-9-10-17-16-6-2-1-4-14(16)8-11-18(17)22(15)19/h1-2,4,6,8-13,19,21,23,25H,3,5,7H2. The number of ether oxygens (including phenoxy) is 1. The van der Waals surface area contributed by atoms with Crippen LogP contribution in [-0.4, -0.2) is 23.3 Å². The minimum Gasteiger partial charge on any atom is -0.362 e. The summed E-state index contributed by atoms with van der Waals surface area (Å²) in [6.45, 7) is 0. The number of hydrogen-bond acceptors (Lipinski definition) is 3. The first-order chi connectivity index (χ1) is 12.7. The highest BCUT2D eigenvalue weighted by atomic mass is 16.6. The molecule has 0 aromatic heterocycles. The Morgan fingerprint density at radius 1 is 0.962 bits per heavy atom. The molecule has 0 saturated heterocycles. The maximum Gasteiger partial charge on any atom is 0.220 e. The zero-order valence-electron chi connectivity index (χ0n) is 14.4. The number of aliphatic hydroxyl groups excluding tert-OH is 1. The van der Waals surface area contributed by atoms with Crippen LogP contribution in [0.3, 0.4) is 0 Å². The smallest absolute Gasteiger partial charge is 0.220 e. The van der Waals surface area contributed by atoms with Crippen LogP contribution >= 0.6 is 0 Å². The van der Waals surface area contributed by atoms with E-state index in [4.69, 9.17) is 4.74 Å². The van der Waals surface area contributed by atoms with E-state index in [0.29, 0.717) is 0 Å². The van der Waals surface area contributed by atoms with Crippen molar-refractivity contribution < 1.29 is 14.6 Å². The highest BCUT2D eigenvalue weighted by Crippen LogP contribution is 2.42. The van der Waals surface area contributed by atoms with Crippen LogP contribution in [0, 0.1) is 0 Å². The molecule has 3 nitrogen and oxygen atoms in total. The molecule has 0 spiro atoms. The lowest BCUT2D eigenvalue weighted by Crippen LogP contribution is -2.35. The SMILES string of the molecule is O=C1C=CC(C2CCCc3ccc4c(ccc5ccccc54)c32)OC1O. The summed E-state index contributed by atoms with van der Waals surface area (Å²) in [5.74, 6) is -0.219. The van der Waals surface area contributed by atoms with Crippen molar-refractivity contribution in [3.05, 3.63) is 71.8 Å². The van der Waals surface area contributed by atoms with Crippen LogP contribution in [0.15, 0.2) is 60.7 Å². The average Bonchev–Trinajstić information content (AvgIpc) is 2.69. The Labute approximate surface area is 151 Å². The molecule has 3 unspecified atom stereocenters. The van der Waals surface area contributed by atoms with Crippen LogP contribution in [0.5, 0.6) is 0 Å². The van der Waals surface area contributed by atoms with Gasteiger partial charge >= 0.3 is 0 Å². The third-order valence-electron chi connectivity index (χ3n) is 5.77. The van der Waals surface area contributed by atoms with Gasteiger partial charge in [0.15, 0.2) is 0 Å². The monoisotopic (exact) mass is 344 g/mol. The fourth-order valence-electron chi connectivity index (χ4n) is 4.56. The molecule has 1 aliphatic heterocycles. The van der Waals surface area contributed by atoms with E-state index >= 15 is 0 Å². The molecule has 3 aromatic carbocycles. The number of carbonyl (C=O) groups is 1. The van der Waals surface area contributed by atoms with Crippen molar-refractivity contribution in [2.45, 2.75) is 37.6 Å². The first-order valence-electron chi connectivity index (χ1n) is 9.21. The van der Waals surface area contributed by atoms with Gasteiger partial charge in [-0.15, -0.1) is 0 Å². The molecule has 1 N–H and O–H groups in total. The van der Waals surface area contributed by atoms with Gasteiger partial charge < -0.3 is 9.84 Å². The highest BCUT2D eigenvalue weighted by Gasteiger charge is 2.33. The Morgan fingerprint density at radius 2 is 1.81 bits per heavy atom. The molecule has 0 radical (unpaired) electrons. The van der Waals surface area contributed by atoms with E-state index in [9.17, 15) is 9.90 Å². The van der Waals surface area contributed by atoms with Crippen LogP contribution < -0.4 is 0 Å². The van der Waals surface area contributed by atoms with Crippen LogP contribution in [0.1, 0.15) is 29.9 Å². The topological polar surface area (TPSA) is 46.5 Å². The number of benzene rings is 3. The van der Waals surface area contributed by atoms with E-state index in [1.165, 1.54) is 38.7 Å². The van der Waals surface area contributed by atoms with E-state index < -0.39 is 6.29 Å². The first-order valence-corrected chi connectivity index (χ1v) is 9.21. The largest absolute Gasteiger partial charge is 0.362 e. The molecule has 1 heterocycles. The van der Waals surface area contributed by atoms with Gasteiger partial charge in [0, 0.05) is 5.92 Å². The molecule has 130 valence electrons. The van der Waals surface area contributed by atoms with Crippen molar-refractivity contribution in [3.8, 4) is 0 Å². The van der Waals surface area contributed by atoms with Gasteiger partial charge in [-0.3, -0.25) is 4.79 Å². The second kappa shape index (κ2) is 6.04. The summed E-state index contributed by atoms with van der Waals surface area (Å²) in [7, 11) is 0. The molecule has 0 saturated carbocycles. The molecule has 3 atom stereocenters. The number of aliphatic hydroxyl groups is 1. The van der Waals surface area contributed by atoms with Crippen molar-refractivity contribution >= 4 is 27.3 Å². The summed E-state index contributed by atoms with van der Waals surface area (Å²) >= 11 is 0. The van der Waals surface area contributed by atoms with Crippen molar-refractivity contribution in [1.29, 1.82) is 0 Å². The third-order valence-corrected chi connectivity index (χ3v) is 5.77. The van der Waals surface area contributed by atoms with Gasteiger partial charge in [-0.1, -0.05) is 54.6 Å². The molecule has 0 bridgehead atoms. The first kappa shape index (κ1) is 15.7. The minimum atomic E-state index is -1.34. The van der Waals surface area contributed by atoms with Crippen LogP contribution in [0.4, 0.5) is 0 Å². The maximum atomic E-state index is 11.6. The Balaban J connectivity index is 1.71. The van der Waals surface area contributed by atoms with Gasteiger partial charge in [-0.2, -0.15) is 0 Å². The fourth-order valence-corrected chi connectivity index (χ4v) is 4.56. The normalized spacial score (nSPS) is 25.6. The van der Waals surface area contributed by atoms with Crippen LogP contribution in [0.2, 0.25) is 0 Å². The molecular formula is C23H20O3. The predicted octanol–water partition coefficient (Wildman–Crippen LogP) is 4.26. The Kier molecular flexibility index (Phi) is 3.66. The summed E-state index contributed by atoms with van der Waals surface area (Å²) in [5, 5.41) is 14.9.